The predicted molar refractivity (Wildman–Crippen MR) is 99.1 cm³/mol. The summed E-state index contributed by atoms with van der Waals surface area (Å²) in [5, 5.41) is 3.46. The van der Waals surface area contributed by atoms with Crippen molar-refractivity contribution in [2.24, 2.45) is 0 Å². The van der Waals surface area contributed by atoms with Gasteiger partial charge in [0.2, 0.25) is 10.0 Å². The molecule has 9 heteroatoms. The minimum absolute atomic E-state index is 0.126. The Morgan fingerprint density at radius 3 is 2.21 bits per heavy atom. The number of sulfonamides is 1. The standard InChI is InChI=1S/C15H13Cl3N2O3S/c1-20(24(2,22)23)10-4-5-11(13(17)8-10)15(21)19-9-3-6-12(16)14(18)7-9/h3-8H,1-2H3,(H,19,21). The van der Waals surface area contributed by atoms with Crippen molar-refractivity contribution >= 4 is 62.1 Å². The summed E-state index contributed by atoms with van der Waals surface area (Å²) in [4.78, 5) is 12.3. The van der Waals surface area contributed by atoms with Gasteiger partial charge in [-0.05, 0) is 36.4 Å². The summed E-state index contributed by atoms with van der Waals surface area (Å²) in [7, 11) is -2.02. The summed E-state index contributed by atoms with van der Waals surface area (Å²) >= 11 is 17.8. The molecular formula is C15H13Cl3N2O3S. The third-order valence-corrected chi connectivity index (χ3v) is 5.49. The first-order valence-electron chi connectivity index (χ1n) is 6.59. The number of nitrogens with one attached hydrogen (secondary N) is 1. The van der Waals surface area contributed by atoms with Crippen molar-refractivity contribution in [3.8, 4) is 0 Å². The molecule has 0 saturated heterocycles. The van der Waals surface area contributed by atoms with Gasteiger partial charge < -0.3 is 5.32 Å². The van der Waals surface area contributed by atoms with E-state index in [4.69, 9.17) is 34.8 Å². The van der Waals surface area contributed by atoms with E-state index in [1.807, 2.05) is 0 Å². The molecule has 5 nitrogen and oxygen atoms in total. The van der Waals surface area contributed by atoms with Crippen molar-refractivity contribution in [2.45, 2.75) is 0 Å². The molecule has 2 aromatic carbocycles. The zero-order chi connectivity index (χ0) is 18.1. The minimum Gasteiger partial charge on any atom is -0.322 e. The number of halogens is 3. The van der Waals surface area contributed by atoms with Crippen LogP contribution in [-0.4, -0.2) is 27.6 Å². The van der Waals surface area contributed by atoms with Crippen LogP contribution in [0.2, 0.25) is 15.1 Å². The zero-order valence-corrected chi connectivity index (χ0v) is 15.8. The molecule has 0 aliphatic heterocycles. The summed E-state index contributed by atoms with van der Waals surface area (Å²) in [5.74, 6) is -0.452. The van der Waals surface area contributed by atoms with E-state index in [9.17, 15) is 13.2 Å². The van der Waals surface area contributed by atoms with Gasteiger partial charge in [0.25, 0.3) is 5.91 Å². The average molecular weight is 408 g/mol. The van der Waals surface area contributed by atoms with Crippen LogP contribution >= 0.6 is 34.8 Å². The van der Waals surface area contributed by atoms with E-state index >= 15 is 0 Å². The molecule has 2 aromatic rings. The van der Waals surface area contributed by atoms with Crippen molar-refractivity contribution in [3.63, 3.8) is 0 Å². The Balaban J connectivity index is 2.25. The monoisotopic (exact) mass is 406 g/mol. The van der Waals surface area contributed by atoms with Gasteiger partial charge >= 0.3 is 0 Å². The van der Waals surface area contributed by atoms with Gasteiger partial charge in [0.15, 0.2) is 0 Å². The number of hydrogen-bond acceptors (Lipinski definition) is 3. The average Bonchev–Trinajstić information content (AvgIpc) is 2.49. The highest BCUT2D eigenvalue weighted by Gasteiger charge is 2.16. The fourth-order valence-corrected chi connectivity index (χ4v) is 2.90. The van der Waals surface area contributed by atoms with Crippen LogP contribution in [0, 0.1) is 0 Å². The Labute approximate surface area is 155 Å². The summed E-state index contributed by atoms with van der Waals surface area (Å²) in [6.45, 7) is 0. The summed E-state index contributed by atoms with van der Waals surface area (Å²) in [5.41, 5.74) is 1.02. The molecule has 0 aromatic heterocycles. The molecule has 0 spiro atoms. The van der Waals surface area contributed by atoms with Gasteiger partial charge in [-0.15, -0.1) is 0 Å². The first kappa shape index (κ1) is 18.9. The van der Waals surface area contributed by atoms with Crippen LogP contribution in [0.15, 0.2) is 36.4 Å². The third-order valence-electron chi connectivity index (χ3n) is 3.24. The number of amides is 1. The number of carbonyl (C=O) groups is 1. The molecule has 0 fully saturated rings. The minimum atomic E-state index is -3.42. The van der Waals surface area contributed by atoms with E-state index in [1.54, 1.807) is 12.1 Å². The number of hydrogen-bond donors (Lipinski definition) is 1. The topological polar surface area (TPSA) is 66.5 Å². The van der Waals surface area contributed by atoms with Crippen molar-refractivity contribution in [1.82, 2.24) is 0 Å². The third kappa shape index (κ3) is 4.33. The molecule has 0 aliphatic rings. The van der Waals surface area contributed by atoms with Gasteiger partial charge in [-0.25, -0.2) is 8.42 Å². The summed E-state index contributed by atoms with van der Waals surface area (Å²) in [6, 6.07) is 9.04. The maximum atomic E-state index is 12.3. The van der Waals surface area contributed by atoms with E-state index in [2.05, 4.69) is 5.32 Å². The van der Waals surface area contributed by atoms with Crippen LogP contribution < -0.4 is 9.62 Å². The van der Waals surface area contributed by atoms with Crippen LogP contribution in [0.1, 0.15) is 10.4 Å². The zero-order valence-electron chi connectivity index (χ0n) is 12.7. The maximum absolute atomic E-state index is 12.3. The van der Waals surface area contributed by atoms with E-state index < -0.39 is 15.9 Å². The molecule has 0 heterocycles. The van der Waals surface area contributed by atoms with Gasteiger partial charge in [0.1, 0.15) is 0 Å². The predicted octanol–water partition coefficient (Wildman–Crippen LogP) is 4.29. The molecule has 2 rings (SSSR count). The van der Waals surface area contributed by atoms with Gasteiger partial charge in [-0.2, -0.15) is 0 Å². The maximum Gasteiger partial charge on any atom is 0.257 e. The SMILES string of the molecule is CN(c1ccc(C(=O)Nc2ccc(Cl)c(Cl)c2)c(Cl)c1)S(C)(=O)=O. The lowest BCUT2D eigenvalue weighted by Gasteiger charge is -2.17. The molecule has 0 bridgehead atoms. The second kappa shape index (κ2) is 7.19. The molecule has 1 amide bonds. The number of benzene rings is 2. The lowest BCUT2D eigenvalue weighted by atomic mass is 10.2. The largest absolute Gasteiger partial charge is 0.322 e. The Kier molecular flexibility index (Phi) is 5.65. The molecule has 1 N–H and O–H groups in total. The smallest absolute Gasteiger partial charge is 0.257 e. The van der Waals surface area contributed by atoms with Crippen LogP contribution in [0.4, 0.5) is 11.4 Å². The number of rotatable bonds is 4. The van der Waals surface area contributed by atoms with Gasteiger partial charge in [-0.3, -0.25) is 9.10 Å². The lowest BCUT2D eigenvalue weighted by molar-refractivity contribution is 0.102. The van der Waals surface area contributed by atoms with Crippen LogP contribution in [0.5, 0.6) is 0 Å². The Bertz CT molecular complexity index is 901. The molecule has 24 heavy (non-hydrogen) atoms. The van der Waals surface area contributed by atoms with Gasteiger partial charge in [-0.1, -0.05) is 34.8 Å². The Hall–Kier alpha value is -1.47. The molecule has 0 aliphatic carbocycles. The van der Waals surface area contributed by atoms with Crippen molar-refractivity contribution in [3.05, 3.63) is 57.0 Å². The normalized spacial score (nSPS) is 11.2. The number of nitrogens with zero attached hydrogens (tertiary/aromatic N) is 1. The Morgan fingerprint density at radius 2 is 1.67 bits per heavy atom. The molecule has 0 radical (unpaired) electrons. The van der Waals surface area contributed by atoms with Crippen LogP contribution in [-0.2, 0) is 10.0 Å². The van der Waals surface area contributed by atoms with Crippen molar-refractivity contribution < 1.29 is 13.2 Å². The number of carbonyl (C=O) groups excluding carboxylic acids is 1. The molecular weight excluding hydrogens is 395 g/mol. The fourth-order valence-electron chi connectivity index (χ4n) is 1.85. The van der Waals surface area contributed by atoms with Crippen molar-refractivity contribution in [2.75, 3.05) is 22.9 Å². The lowest BCUT2D eigenvalue weighted by Crippen LogP contribution is -2.25. The summed E-state index contributed by atoms with van der Waals surface area (Å²) in [6.07, 6.45) is 1.08. The second-order valence-electron chi connectivity index (χ2n) is 4.98. The number of anilines is 2. The highest BCUT2D eigenvalue weighted by atomic mass is 35.5. The van der Waals surface area contributed by atoms with Crippen LogP contribution in [0.3, 0.4) is 0 Å². The first-order valence-corrected chi connectivity index (χ1v) is 9.57. The molecule has 0 saturated carbocycles. The van der Waals surface area contributed by atoms with E-state index in [-0.39, 0.29) is 10.6 Å². The molecule has 128 valence electrons. The highest BCUT2D eigenvalue weighted by Crippen LogP contribution is 2.27. The Morgan fingerprint density at radius 1 is 1.00 bits per heavy atom. The molecule has 0 unspecified atom stereocenters. The van der Waals surface area contributed by atoms with Gasteiger partial charge in [0.05, 0.1) is 32.6 Å². The van der Waals surface area contributed by atoms with Crippen molar-refractivity contribution in [1.29, 1.82) is 0 Å². The second-order valence-corrected chi connectivity index (χ2v) is 8.21. The van der Waals surface area contributed by atoms with E-state index in [1.165, 1.54) is 31.3 Å². The van der Waals surface area contributed by atoms with E-state index in [0.717, 1.165) is 10.6 Å². The fraction of sp³-hybridized carbons (Fsp3) is 0.133. The van der Waals surface area contributed by atoms with E-state index in [0.29, 0.717) is 21.4 Å². The molecule has 0 atom stereocenters. The summed E-state index contributed by atoms with van der Waals surface area (Å²) < 4.78 is 24.2. The van der Waals surface area contributed by atoms with Gasteiger partial charge in [0, 0.05) is 12.7 Å². The first-order chi connectivity index (χ1) is 11.1. The van der Waals surface area contributed by atoms with Crippen LogP contribution in [0.25, 0.3) is 0 Å². The quantitative estimate of drug-likeness (QED) is 0.822. The highest BCUT2D eigenvalue weighted by molar-refractivity contribution is 7.92.